The maximum Gasteiger partial charge on any atom is 0.198 e. The zero-order valence-corrected chi connectivity index (χ0v) is 9.90. The molecule has 17 heavy (non-hydrogen) atoms. The first-order chi connectivity index (χ1) is 8.11. The number of hydrogen-bond donors (Lipinski definition) is 2. The Bertz CT molecular complexity index is 543. The van der Waals surface area contributed by atoms with Crippen molar-refractivity contribution in [1.82, 2.24) is 9.97 Å². The van der Waals surface area contributed by atoms with E-state index in [4.69, 9.17) is 5.73 Å². The number of aromatic nitrogens is 2. The number of carbonyl (C=O) groups is 1. The van der Waals surface area contributed by atoms with E-state index in [0.717, 1.165) is 23.2 Å². The Labute approximate surface area is 99.9 Å². The average Bonchev–Trinajstić information content (AvgIpc) is 2.72. The number of nitrogens with two attached hydrogens (primary N) is 1. The molecular formula is C13H15N3O. The molecule has 1 aromatic carbocycles. The molecule has 0 aliphatic carbocycles. The van der Waals surface area contributed by atoms with Crippen LogP contribution in [-0.4, -0.2) is 16.3 Å². The molecule has 0 spiro atoms. The Kier molecular flexibility index (Phi) is 2.95. The fourth-order valence-corrected chi connectivity index (χ4v) is 1.80. The molecule has 0 aliphatic rings. The van der Waals surface area contributed by atoms with Gasteiger partial charge in [-0.25, -0.2) is 4.98 Å². The van der Waals surface area contributed by atoms with Crippen LogP contribution in [0.15, 0.2) is 24.3 Å². The van der Waals surface area contributed by atoms with Crippen molar-refractivity contribution >= 4 is 12.2 Å². The predicted molar refractivity (Wildman–Crippen MR) is 67.9 cm³/mol. The molecule has 0 saturated heterocycles. The lowest BCUT2D eigenvalue weighted by Crippen LogP contribution is -1.92. The molecule has 2 rings (SSSR count). The third-order valence-electron chi connectivity index (χ3n) is 2.62. The van der Waals surface area contributed by atoms with Crippen molar-refractivity contribution in [2.75, 3.05) is 5.73 Å². The van der Waals surface area contributed by atoms with Crippen molar-refractivity contribution in [3.63, 3.8) is 0 Å². The van der Waals surface area contributed by atoms with Crippen LogP contribution in [0.3, 0.4) is 0 Å². The number of nitrogen functional groups attached to an aromatic ring is 1. The van der Waals surface area contributed by atoms with E-state index in [1.807, 2.05) is 18.2 Å². The maximum atomic E-state index is 10.8. The molecule has 0 amide bonds. The Morgan fingerprint density at radius 1 is 1.41 bits per heavy atom. The lowest BCUT2D eigenvalue weighted by Gasteiger charge is -2.05. The van der Waals surface area contributed by atoms with Crippen LogP contribution in [0.2, 0.25) is 0 Å². The van der Waals surface area contributed by atoms with Crippen molar-refractivity contribution in [2.45, 2.75) is 19.8 Å². The van der Waals surface area contributed by atoms with E-state index >= 15 is 0 Å². The molecule has 1 aromatic heterocycles. The molecule has 4 heteroatoms. The SMILES string of the molecule is CC(C)c1[nH]c(N)nc1-c1cccc(C=O)c1. The Morgan fingerprint density at radius 2 is 2.18 bits per heavy atom. The summed E-state index contributed by atoms with van der Waals surface area (Å²) < 4.78 is 0. The molecular weight excluding hydrogens is 214 g/mol. The van der Waals surface area contributed by atoms with Crippen molar-refractivity contribution in [2.24, 2.45) is 0 Å². The number of benzene rings is 1. The molecule has 0 unspecified atom stereocenters. The minimum atomic E-state index is 0.301. The first-order valence-corrected chi connectivity index (χ1v) is 5.53. The van der Waals surface area contributed by atoms with Crippen LogP contribution in [0.1, 0.15) is 35.8 Å². The third-order valence-corrected chi connectivity index (χ3v) is 2.62. The van der Waals surface area contributed by atoms with E-state index in [1.54, 1.807) is 6.07 Å². The van der Waals surface area contributed by atoms with Crippen LogP contribution < -0.4 is 5.73 Å². The van der Waals surface area contributed by atoms with E-state index in [2.05, 4.69) is 23.8 Å². The van der Waals surface area contributed by atoms with E-state index in [1.165, 1.54) is 0 Å². The minimum Gasteiger partial charge on any atom is -0.369 e. The number of aromatic amines is 1. The molecule has 3 N–H and O–H groups in total. The number of H-pyrrole nitrogens is 1. The van der Waals surface area contributed by atoms with Crippen molar-refractivity contribution in [3.8, 4) is 11.3 Å². The summed E-state index contributed by atoms with van der Waals surface area (Å²) in [5, 5.41) is 0. The van der Waals surface area contributed by atoms with Gasteiger partial charge in [-0.05, 0) is 12.0 Å². The number of hydrogen-bond acceptors (Lipinski definition) is 3. The van der Waals surface area contributed by atoms with Gasteiger partial charge in [0.15, 0.2) is 5.95 Å². The molecule has 0 bridgehead atoms. The highest BCUT2D eigenvalue weighted by Gasteiger charge is 2.13. The fraction of sp³-hybridized carbons (Fsp3) is 0.231. The quantitative estimate of drug-likeness (QED) is 0.794. The molecule has 1 heterocycles. The van der Waals surface area contributed by atoms with Gasteiger partial charge in [0.1, 0.15) is 6.29 Å². The normalized spacial score (nSPS) is 10.8. The van der Waals surface area contributed by atoms with Gasteiger partial charge in [-0.1, -0.05) is 32.0 Å². The lowest BCUT2D eigenvalue weighted by molar-refractivity contribution is 0.112. The van der Waals surface area contributed by atoms with Gasteiger partial charge in [-0.2, -0.15) is 0 Å². The second-order valence-electron chi connectivity index (χ2n) is 4.28. The van der Waals surface area contributed by atoms with E-state index in [-0.39, 0.29) is 0 Å². The number of anilines is 1. The van der Waals surface area contributed by atoms with Crippen LogP contribution >= 0.6 is 0 Å². The number of carbonyl (C=O) groups excluding carboxylic acids is 1. The minimum absolute atomic E-state index is 0.301. The average molecular weight is 229 g/mol. The highest BCUT2D eigenvalue weighted by molar-refractivity contribution is 5.78. The maximum absolute atomic E-state index is 10.8. The number of imidazole rings is 1. The monoisotopic (exact) mass is 229 g/mol. The van der Waals surface area contributed by atoms with Gasteiger partial charge in [-0.15, -0.1) is 0 Å². The standard InChI is InChI=1S/C13H15N3O/c1-8(2)11-12(16-13(14)15-11)10-5-3-4-9(6-10)7-17/h3-8H,1-2H3,(H3,14,15,16). The van der Waals surface area contributed by atoms with Crippen molar-refractivity contribution in [1.29, 1.82) is 0 Å². The third kappa shape index (κ3) is 2.20. The van der Waals surface area contributed by atoms with Crippen molar-refractivity contribution in [3.05, 3.63) is 35.5 Å². The summed E-state index contributed by atoms with van der Waals surface area (Å²) in [7, 11) is 0. The van der Waals surface area contributed by atoms with Crippen LogP contribution in [0, 0.1) is 0 Å². The van der Waals surface area contributed by atoms with E-state index in [9.17, 15) is 4.79 Å². The number of nitrogens with one attached hydrogen (secondary N) is 1. The molecule has 0 fully saturated rings. The van der Waals surface area contributed by atoms with Crippen LogP contribution in [0.25, 0.3) is 11.3 Å². The van der Waals surface area contributed by atoms with Gasteiger partial charge in [0.2, 0.25) is 0 Å². The summed E-state index contributed by atoms with van der Waals surface area (Å²) in [4.78, 5) is 18.1. The first kappa shape index (κ1) is 11.4. The molecule has 0 atom stereocenters. The second-order valence-corrected chi connectivity index (χ2v) is 4.28. The predicted octanol–water partition coefficient (Wildman–Crippen LogP) is 2.59. The van der Waals surface area contributed by atoms with Crippen LogP contribution in [-0.2, 0) is 0 Å². The summed E-state index contributed by atoms with van der Waals surface area (Å²) >= 11 is 0. The largest absolute Gasteiger partial charge is 0.369 e. The summed E-state index contributed by atoms with van der Waals surface area (Å²) in [6.07, 6.45) is 0.828. The van der Waals surface area contributed by atoms with Gasteiger partial charge in [-0.3, -0.25) is 4.79 Å². The zero-order chi connectivity index (χ0) is 12.4. The van der Waals surface area contributed by atoms with Gasteiger partial charge in [0.25, 0.3) is 0 Å². The molecule has 0 aliphatic heterocycles. The van der Waals surface area contributed by atoms with Gasteiger partial charge < -0.3 is 10.7 Å². The van der Waals surface area contributed by atoms with Gasteiger partial charge in [0, 0.05) is 16.8 Å². The van der Waals surface area contributed by atoms with Gasteiger partial charge in [0.05, 0.1) is 5.69 Å². The topological polar surface area (TPSA) is 71.8 Å². The number of aldehydes is 1. The fourth-order valence-electron chi connectivity index (χ4n) is 1.80. The Balaban J connectivity index is 2.55. The smallest absolute Gasteiger partial charge is 0.198 e. The molecule has 0 radical (unpaired) electrons. The Morgan fingerprint density at radius 3 is 2.82 bits per heavy atom. The highest BCUT2D eigenvalue weighted by Crippen LogP contribution is 2.28. The molecule has 88 valence electrons. The van der Waals surface area contributed by atoms with Crippen LogP contribution in [0.4, 0.5) is 5.95 Å². The summed E-state index contributed by atoms with van der Waals surface area (Å²) in [6, 6.07) is 7.35. The number of rotatable bonds is 3. The highest BCUT2D eigenvalue weighted by atomic mass is 16.1. The zero-order valence-electron chi connectivity index (χ0n) is 9.90. The van der Waals surface area contributed by atoms with Crippen molar-refractivity contribution < 1.29 is 4.79 Å². The summed E-state index contributed by atoms with van der Waals surface area (Å²) in [6.45, 7) is 4.14. The molecule has 0 saturated carbocycles. The molecule has 2 aromatic rings. The lowest BCUT2D eigenvalue weighted by atomic mass is 10.0. The second kappa shape index (κ2) is 4.41. The Hall–Kier alpha value is -2.10. The van der Waals surface area contributed by atoms with Gasteiger partial charge >= 0.3 is 0 Å². The number of nitrogens with zero attached hydrogens (tertiary/aromatic N) is 1. The van der Waals surface area contributed by atoms with E-state index < -0.39 is 0 Å². The summed E-state index contributed by atoms with van der Waals surface area (Å²) in [5.41, 5.74) is 9.05. The first-order valence-electron chi connectivity index (χ1n) is 5.53. The summed E-state index contributed by atoms with van der Waals surface area (Å²) in [5.74, 6) is 0.704. The molecule has 4 nitrogen and oxygen atoms in total. The van der Waals surface area contributed by atoms with Crippen LogP contribution in [0.5, 0.6) is 0 Å². The van der Waals surface area contributed by atoms with E-state index in [0.29, 0.717) is 17.4 Å².